The first kappa shape index (κ1) is 14.6. The fourth-order valence-electron chi connectivity index (χ4n) is 2.04. The van der Waals surface area contributed by atoms with E-state index in [2.05, 4.69) is 15.4 Å². The Labute approximate surface area is 131 Å². The Balaban J connectivity index is 1.85. The molecule has 0 atom stereocenters. The molecule has 0 spiro atoms. The minimum absolute atomic E-state index is 0.0605. The Morgan fingerprint density at radius 2 is 1.83 bits per heavy atom. The van der Waals surface area contributed by atoms with Gasteiger partial charge in [0.05, 0.1) is 12.8 Å². The molecule has 2 N–H and O–H groups in total. The highest BCUT2D eigenvalue weighted by Crippen LogP contribution is 2.13. The SMILES string of the molecule is COc1ccc(-n2nc(C(=O)Nc3ccccc3)[nH]c2=O)cc1. The summed E-state index contributed by atoms with van der Waals surface area (Å²) in [5, 5.41) is 6.69. The molecule has 3 aromatic rings. The molecule has 1 amide bonds. The van der Waals surface area contributed by atoms with Crippen LogP contribution >= 0.6 is 0 Å². The average molecular weight is 310 g/mol. The van der Waals surface area contributed by atoms with E-state index in [0.717, 1.165) is 4.68 Å². The lowest BCUT2D eigenvalue weighted by atomic mass is 10.3. The number of carbonyl (C=O) groups is 1. The first-order chi connectivity index (χ1) is 11.2. The second kappa shape index (κ2) is 6.18. The second-order valence-electron chi connectivity index (χ2n) is 4.71. The van der Waals surface area contributed by atoms with Crippen LogP contribution in [0.2, 0.25) is 0 Å². The van der Waals surface area contributed by atoms with Crippen molar-refractivity contribution >= 4 is 11.6 Å². The van der Waals surface area contributed by atoms with Crippen LogP contribution in [0.15, 0.2) is 59.4 Å². The molecule has 0 unspecified atom stereocenters. The van der Waals surface area contributed by atoms with Gasteiger partial charge < -0.3 is 10.1 Å². The zero-order chi connectivity index (χ0) is 16.2. The van der Waals surface area contributed by atoms with Crippen molar-refractivity contribution in [3.63, 3.8) is 0 Å². The molecule has 0 aliphatic rings. The molecule has 0 saturated heterocycles. The molecule has 23 heavy (non-hydrogen) atoms. The molecule has 0 fully saturated rings. The molecule has 7 heteroatoms. The number of methoxy groups -OCH3 is 1. The van der Waals surface area contributed by atoms with E-state index in [1.807, 2.05) is 6.07 Å². The van der Waals surface area contributed by atoms with Crippen molar-refractivity contribution in [3.05, 3.63) is 70.9 Å². The number of rotatable bonds is 4. The summed E-state index contributed by atoms with van der Waals surface area (Å²) >= 11 is 0. The highest BCUT2D eigenvalue weighted by Gasteiger charge is 2.14. The molecule has 2 aromatic carbocycles. The number of para-hydroxylation sites is 1. The first-order valence-electron chi connectivity index (χ1n) is 6.87. The Morgan fingerprint density at radius 1 is 1.13 bits per heavy atom. The van der Waals surface area contributed by atoms with Crippen LogP contribution in [0, 0.1) is 0 Å². The van der Waals surface area contributed by atoms with Gasteiger partial charge in [0.15, 0.2) is 0 Å². The molecule has 0 aliphatic heterocycles. The van der Waals surface area contributed by atoms with E-state index in [4.69, 9.17) is 4.74 Å². The standard InChI is InChI=1S/C16H14N4O3/c1-23-13-9-7-12(8-10-13)20-16(22)18-14(19-20)15(21)17-11-5-3-2-4-6-11/h2-10H,1H3,(H,17,21)(H,18,19,22). The van der Waals surface area contributed by atoms with Gasteiger partial charge >= 0.3 is 5.69 Å². The van der Waals surface area contributed by atoms with Crippen molar-refractivity contribution in [2.45, 2.75) is 0 Å². The number of H-pyrrole nitrogens is 1. The maximum Gasteiger partial charge on any atom is 0.348 e. The summed E-state index contributed by atoms with van der Waals surface area (Å²) in [6, 6.07) is 15.7. The topological polar surface area (TPSA) is 89.0 Å². The smallest absolute Gasteiger partial charge is 0.348 e. The van der Waals surface area contributed by atoms with Gasteiger partial charge in [-0.25, -0.2) is 4.79 Å². The second-order valence-corrected chi connectivity index (χ2v) is 4.71. The number of carbonyl (C=O) groups excluding carboxylic acids is 1. The lowest BCUT2D eigenvalue weighted by Crippen LogP contribution is -2.15. The Morgan fingerprint density at radius 3 is 2.48 bits per heavy atom. The molecule has 0 saturated carbocycles. The summed E-state index contributed by atoms with van der Waals surface area (Å²) in [6.45, 7) is 0. The Kier molecular flexibility index (Phi) is 3.92. The number of benzene rings is 2. The molecule has 1 heterocycles. The van der Waals surface area contributed by atoms with E-state index in [-0.39, 0.29) is 5.82 Å². The third-order valence-corrected chi connectivity index (χ3v) is 3.18. The first-order valence-corrected chi connectivity index (χ1v) is 6.87. The summed E-state index contributed by atoms with van der Waals surface area (Å²) in [4.78, 5) is 26.6. The molecule has 7 nitrogen and oxygen atoms in total. The highest BCUT2D eigenvalue weighted by atomic mass is 16.5. The van der Waals surface area contributed by atoms with Crippen LogP contribution in [0.5, 0.6) is 5.75 Å². The largest absolute Gasteiger partial charge is 0.497 e. The van der Waals surface area contributed by atoms with E-state index in [1.165, 1.54) is 0 Å². The van der Waals surface area contributed by atoms with Crippen LogP contribution in [0.1, 0.15) is 10.6 Å². The number of anilines is 1. The summed E-state index contributed by atoms with van der Waals surface area (Å²) in [7, 11) is 1.56. The van der Waals surface area contributed by atoms with Crippen LogP contribution in [0.25, 0.3) is 5.69 Å². The van der Waals surface area contributed by atoms with Gasteiger partial charge in [-0.05, 0) is 36.4 Å². The summed E-state index contributed by atoms with van der Waals surface area (Å²) in [5.41, 5.74) is 0.663. The maximum atomic E-state index is 12.1. The molecule has 1 aromatic heterocycles. The minimum atomic E-state index is -0.492. The number of nitrogens with zero attached hydrogens (tertiary/aromatic N) is 2. The summed E-state index contributed by atoms with van der Waals surface area (Å²) in [5.74, 6) is 0.120. The summed E-state index contributed by atoms with van der Waals surface area (Å²) in [6.07, 6.45) is 0. The van der Waals surface area contributed by atoms with Gasteiger partial charge in [-0.3, -0.25) is 9.78 Å². The number of ether oxygens (including phenoxy) is 1. The normalized spacial score (nSPS) is 10.3. The van der Waals surface area contributed by atoms with Gasteiger partial charge in [0.2, 0.25) is 5.82 Å². The van der Waals surface area contributed by atoms with Crippen LogP contribution in [0.3, 0.4) is 0 Å². The van der Waals surface area contributed by atoms with Crippen LogP contribution in [0.4, 0.5) is 5.69 Å². The zero-order valence-electron chi connectivity index (χ0n) is 12.3. The Bertz CT molecular complexity index is 866. The highest BCUT2D eigenvalue weighted by molar-refractivity contribution is 6.01. The monoisotopic (exact) mass is 310 g/mol. The van der Waals surface area contributed by atoms with Gasteiger partial charge in [-0.1, -0.05) is 18.2 Å². The van der Waals surface area contributed by atoms with Gasteiger partial charge in [0, 0.05) is 5.69 Å². The van der Waals surface area contributed by atoms with E-state index in [9.17, 15) is 9.59 Å². The van der Waals surface area contributed by atoms with Crippen molar-refractivity contribution in [3.8, 4) is 11.4 Å². The van der Waals surface area contributed by atoms with E-state index < -0.39 is 11.6 Å². The lowest BCUT2D eigenvalue weighted by Gasteiger charge is -2.02. The van der Waals surface area contributed by atoms with Crippen molar-refractivity contribution in [1.29, 1.82) is 0 Å². The van der Waals surface area contributed by atoms with Crippen LogP contribution in [-0.2, 0) is 0 Å². The molecule has 0 radical (unpaired) electrons. The van der Waals surface area contributed by atoms with Crippen molar-refractivity contribution in [2.24, 2.45) is 0 Å². The lowest BCUT2D eigenvalue weighted by molar-refractivity contribution is 0.101. The number of hydrogen-bond acceptors (Lipinski definition) is 4. The molecule has 3 rings (SSSR count). The fourth-order valence-corrected chi connectivity index (χ4v) is 2.04. The minimum Gasteiger partial charge on any atom is -0.497 e. The number of aromatic amines is 1. The molecule has 0 bridgehead atoms. The van der Waals surface area contributed by atoms with Gasteiger partial charge in [-0.15, -0.1) is 5.10 Å². The van der Waals surface area contributed by atoms with Gasteiger partial charge in [-0.2, -0.15) is 4.68 Å². The summed E-state index contributed by atoms with van der Waals surface area (Å²) < 4.78 is 6.19. The van der Waals surface area contributed by atoms with E-state index >= 15 is 0 Å². The number of amides is 1. The van der Waals surface area contributed by atoms with E-state index in [0.29, 0.717) is 17.1 Å². The van der Waals surface area contributed by atoms with Crippen LogP contribution in [-0.4, -0.2) is 27.8 Å². The maximum absolute atomic E-state index is 12.1. The van der Waals surface area contributed by atoms with Gasteiger partial charge in [0.25, 0.3) is 5.91 Å². The van der Waals surface area contributed by atoms with Gasteiger partial charge in [0.1, 0.15) is 5.75 Å². The molecule has 116 valence electrons. The Hall–Kier alpha value is -3.35. The predicted octanol–water partition coefficient (Wildman–Crippen LogP) is 1.82. The molecule has 0 aliphatic carbocycles. The number of hydrogen-bond donors (Lipinski definition) is 2. The third-order valence-electron chi connectivity index (χ3n) is 3.18. The van der Waals surface area contributed by atoms with Crippen molar-refractivity contribution < 1.29 is 9.53 Å². The predicted molar refractivity (Wildman–Crippen MR) is 85.1 cm³/mol. The molecular formula is C16H14N4O3. The number of aromatic nitrogens is 3. The quantitative estimate of drug-likeness (QED) is 0.769. The van der Waals surface area contributed by atoms with E-state index in [1.54, 1.807) is 55.6 Å². The van der Waals surface area contributed by atoms with Crippen molar-refractivity contribution in [2.75, 3.05) is 12.4 Å². The van der Waals surface area contributed by atoms with Crippen LogP contribution < -0.4 is 15.7 Å². The third kappa shape index (κ3) is 3.13. The van der Waals surface area contributed by atoms with Crippen molar-refractivity contribution in [1.82, 2.24) is 14.8 Å². The zero-order valence-corrected chi connectivity index (χ0v) is 12.3. The molecular weight excluding hydrogens is 296 g/mol. The number of nitrogens with one attached hydrogen (secondary N) is 2. The fraction of sp³-hybridized carbons (Fsp3) is 0.0625. The average Bonchev–Trinajstić information content (AvgIpc) is 2.98.